The van der Waals surface area contributed by atoms with Crippen LogP contribution in [-0.2, 0) is 9.53 Å². The van der Waals surface area contributed by atoms with Gasteiger partial charge in [0.25, 0.3) is 0 Å². The standard InChI is InChI=1S/C23H27F2N3O3Si/c1-16(29)26-14-18-15-28(23(30)31-18)17-12-20(24)22(21(25)13-17)27-8-10-32(2,11-9-27)19-6-4-3-5-7-19/h3-7,12-13,18H,8-11,14-15H2,1-2H3,(H,26,29). The van der Waals surface area contributed by atoms with Gasteiger partial charge in [0.15, 0.2) is 11.6 Å². The first kappa shape index (κ1) is 22.3. The van der Waals surface area contributed by atoms with E-state index in [2.05, 4.69) is 24.0 Å². The highest BCUT2D eigenvalue weighted by Crippen LogP contribution is 2.34. The summed E-state index contributed by atoms with van der Waals surface area (Å²) in [4.78, 5) is 26.2. The smallest absolute Gasteiger partial charge is 0.414 e. The first-order chi connectivity index (χ1) is 15.3. The van der Waals surface area contributed by atoms with Crippen LogP contribution in [0, 0.1) is 11.6 Å². The lowest BCUT2D eigenvalue weighted by Crippen LogP contribution is -2.53. The van der Waals surface area contributed by atoms with Crippen LogP contribution in [0.15, 0.2) is 42.5 Å². The van der Waals surface area contributed by atoms with E-state index in [1.807, 2.05) is 18.2 Å². The van der Waals surface area contributed by atoms with Crippen molar-refractivity contribution < 1.29 is 23.1 Å². The van der Waals surface area contributed by atoms with Crippen LogP contribution in [0.1, 0.15) is 6.92 Å². The number of nitrogens with zero attached hydrogens (tertiary/aromatic N) is 2. The molecule has 2 aliphatic rings. The zero-order valence-electron chi connectivity index (χ0n) is 18.2. The molecule has 0 spiro atoms. The van der Waals surface area contributed by atoms with E-state index in [-0.39, 0.29) is 30.4 Å². The molecule has 4 rings (SSSR count). The van der Waals surface area contributed by atoms with Gasteiger partial charge in [-0.2, -0.15) is 0 Å². The molecule has 1 atom stereocenters. The number of nitrogens with one attached hydrogen (secondary N) is 1. The fourth-order valence-corrected chi connectivity index (χ4v) is 7.81. The molecule has 2 aromatic carbocycles. The molecule has 1 N–H and O–H groups in total. The van der Waals surface area contributed by atoms with Crippen molar-refractivity contribution in [1.29, 1.82) is 0 Å². The molecule has 170 valence electrons. The minimum Gasteiger partial charge on any atom is -0.442 e. The number of hydrogen-bond acceptors (Lipinski definition) is 4. The molecule has 6 nitrogen and oxygen atoms in total. The summed E-state index contributed by atoms with van der Waals surface area (Å²) in [6.07, 6.45) is -1.26. The average Bonchev–Trinajstić information content (AvgIpc) is 3.14. The monoisotopic (exact) mass is 459 g/mol. The number of carbonyl (C=O) groups excluding carboxylic acids is 2. The van der Waals surface area contributed by atoms with Gasteiger partial charge in [-0.3, -0.25) is 9.69 Å². The zero-order valence-corrected chi connectivity index (χ0v) is 19.2. The van der Waals surface area contributed by atoms with E-state index in [1.54, 1.807) is 4.90 Å². The lowest BCUT2D eigenvalue weighted by Gasteiger charge is -2.39. The lowest BCUT2D eigenvalue weighted by atomic mass is 10.2. The maximum absolute atomic E-state index is 15.0. The van der Waals surface area contributed by atoms with Crippen LogP contribution < -0.4 is 20.3 Å². The number of benzene rings is 2. The fraction of sp³-hybridized carbons (Fsp3) is 0.391. The van der Waals surface area contributed by atoms with Gasteiger partial charge in [0, 0.05) is 32.1 Å². The van der Waals surface area contributed by atoms with Crippen LogP contribution in [0.25, 0.3) is 0 Å². The quantitative estimate of drug-likeness (QED) is 0.698. The zero-order chi connectivity index (χ0) is 22.9. The van der Waals surface area contributed by atoms with E-state index < -0.39 is 31.9 Å². The maximum atomic E-state index is 15.0. The van der Waals surface area contributed by atoms with Crippen LogP contribution in [0.5, 0.6) is 0 Å². The van der Waals surface area contributed by atoms with Gasteiger partial charge in [-0.15, -0.1) is 0 Å². The number of cyclic esters (lactones) is 1. The van der Waals surface area contributed by atoms with Gasteiger partial charge in [0.1, 0.15) is 11.8 Å². The SMILES string of the molecule is CC(=O)NCC1CN(c2cc(F)c(N3CC[Si](C)(c4ccccc4)CC3)c(F)c2)C(=O)O1. The van der Waals surface area contributed by atoms with Gasteiger partial charge >= 0.3 is 6.09 Å². The van der Waals surface area contributed by atoms with E-state index in [0.717, 1.165) is 12.1 Å². The highest BCUT2D eigenvalue weighted by atomic mass is 28.3. The van der Waals surface area contributed by atoms with E-state index >= 15 is 8.78 Å². The Bertz CT molecular complexity index is 990. The number of amides is 2. The van der Waals surface area contributed by atoms with Crippen molar-refractivity contribution in [2.24, 2.45) is 0 Å². The minimum atomic E-state index is -1.67. The summed E-state index contributed by atoms with van der Waals surface area (Å²) in [6, 6.07) is 14.6. The number of halogens is 2. The largest absolute Gasteiger partial charge is 0.442 e. The van der Waals surface area contributed by atoms with Crippen molar-refractivity contribution in [2.45, 2.75) is 31.7 Å². The summed E-state index contributed by atoms with van der Waals surface area (Å²) in [6.45, 7) is 5.14. The van der Waals surface area contributed by atoms with Crippen LogP contribution in [0.4, 0.5) is 25.0 Å². The van der Waals surface area contributed by atoms with Crippen molar-refractivity contribution in [1.82, 2.24) is 5.32 Å². The van der Waals surface area contributed by atoms with Crippen LogP contribution in [-0.4, -0.2) is 52.4 Å². The summed E-state index contributed by atoms with van der Waals surface area (Å²) in [7, 11) is -1.67. The van der Waals surface area contributed by atoms with Crippen LogP contribution in [0.3, 0.4) is 0 Å². The number of ether oxygens (including phenoxy) is 1. The molecule has 2 aromatic rings. The van der Waals surface area contributed by atoms with Crippen molar-refractivity contribution >= 4 is 36.6 Å². The van der Waals surface area contributed by atoms with Gasteiger partial charge in [0.05, 0.1) is 26.9 Å². The number of rotatable bonds is 5. The predicted molar refractivity (Wildman–Crippen MR) is 122 cm³/mol. The van der Waals surface area contributed by atoms with Gasteiger partial charge < -0.3 is 15.0 Å². The van der Waals surface area contributed by atoms with Gasteiger partial charge in [-0.25, -0.2) is 13.6 Å². The third-order valence-corrected chi connectivity index (χ3v) is 10.8. The second-order valence-corrected chi connectivity index (χ2v) is 13.4. The molecule has 2 heterocycles. The maximum Gasteiger partial charge on any atom is 0.414 e. The topological polar surface area (TPSA) is 61.9 Å². The molecular formula is C23H27F2N3O3Si. The van der Waals surface area contributed by atoms with E-state index in [9.17, 15) is 9.59 Å². The third-order valence-electron chi connectivity index (χ3n) is 6.42. The molecule has 2 fully saturated rings. The average molecular weight is 460 g/mol. The molecule has 2 aliphatic heterocycles. The molecule has 0 aliphatic carbocycles. The van der Waals surface area contributed by atoms with Gasteiger partial charge in [-0.05, 0) is 12.1 Å². The Hall–Kier alpha value is -2.94. The Morgan fingerprint density at radius 2 is 1.78 bits per heavy atom. The molecule has 0 saturated carbocycles. The highest BCUT2D eigenvalue weighted by Gasteiger charge is 2.37. The number of carbonyl (C=O) groups is 2. The summed E-state index contributed by atoms with van der Waals surface area (Å²) >= 11 is 0. The van der Waals surface area contributed by atoms with Crippen molar-refractivity contribution in [2.75, 3.05) is 36.0 Å². The fourth-order valence-electron chi connectivity index (χ4n) is 4.46. The molecule has 9 heteroatoms. The third kappa shape index (κ3) is 4.48. The second kappa shape index (κ2) is 8.89. The van der Waals surface area contributed by atoms with E-state index in [0.29, 0.717) is 13.1 Å². The Balaban J connectivity index is 1.47. The van der Waals surface area contributed by atoms with Crippen molar-refractivity contribution in [3.05, 3.63) is 54.1 Å². The Morgan fingerprint density at radius 3 is 2.38 bits per heavy atom. The predicted octanol–water partition coefficient (Wildman–Crippen LogP) is 3.23. The van der Waals surface area contributed by atoms with Crippen molar-refractivity contribution in [3.8, 4) is 0 Å². The minimum absolute atomic E-state index is 0.0415. The van der Waals surface area contributed by atoms with E-state index in [1.165, 1.54) is 29.1 Å². The Kier molecular flexibility index (Phi) is 6.19. The van der Waals surface area contributed by atoms with Gasteiger partial charge in [0.2, 0.25) is 5.91 Å². The van der Waals surface area contributed by atoms with Crippen LogP contribution in [0.2, 0.25) is 18.6 Å². The molecule has 1 unspecified atom stereocenters. The van der Waals surface area contributed by atoms with E-state index in [4.69, 9.17) is 4.74 Å². The molecular weight excluding hydrogens is 432 g/mol. The molecule has 2 amide bonds. The summed E-state index contributed by atoms with van der Waals surface area (Å²) in [5.41, 5.74) is 0.0693. The normalized spacial score (nSPS) is 20.2. The lowest BCUT2D eigenvalue weighted by molar-refractivity contribution is -0.119. The molecule has 0 aromatic heterocycles. The molecule has 2 saturated heterocycles. The first-order valence-electron chi connectivity index (χ1n) is 10.8. The van der Waals surface area contributed by atoms with Gasteiger partial charge in [-0.1, -0.05) is 42.1 Å². The summed E-state index contributed by atoms with van der Waals surface area (Å²) in [5.74, 6) is -1.62. The highest BCUT2D eigenvalue weighted by molar-refractivity contribution is 6.91. The Morgan fingerprint density at radius 1 is 1.16 bits per heavy atom. The summed E-state index contributed by atoms with van der Waals surface area (Å²) in [5, 5.41) is 3.95. The number of anilines is 2. The molecule has 0 bridgehead atoms. The second-order valence-electron chi connectivity index (χ2n) is 8.73. The molecule has 32 heavy (non-hydrogen) atoms. The number of hydrogen-bond donors (Lipinski definition) is 1. The molecule has 0 radical (unpaired) electrons. The summed E-state index contributed by atoms with van der Waals surface area (Å²) < 4.78 is 35.3. The Labute approximate surface area is 187 Å². The first-order valence-corrected chi connectivity index (χ1v) is 13.7. The van der Waals surface area contributed by atoms with Crippen LogP contribution >= 0.6 is 0 Å². The van der Waals surface area contributed by atoms with Crippen molar-refractivity contribution in [3.63, 3.8) is 0 Å².